The first-order valence-corrected chi connectivity index (χ1v) is 7.32. The van der Waals surface area contributed by atoms with Crippen LogP contribution in [0.25, 0.3) is 0 Å². The predicted octanol–water partition coefficient (Wildman–Crippen LogP) is 2.13. The molecule has 1 aromatic rings. The Kier molecular flexibility index (Phi) is 4.75. The van der Waals surface area contributed by atoms with Crippen molar-refractivity contribution in [2.75, 3.05) is 38.6 Å². The van der Waals surface area contributed by atoms with Crippen LogP contribution in [-0.4, -0.2) is 48.6 Å². The molecular weight excluding hydrogens is 236 g/mol. The highest BCUT2D eigenvalue weighted by Gasteiger charge is 2.19. The summed E-state index contributed by atoms with van der Waals surface area (Å²) < 4.78 is 0. The molecule has 1 aliphatic heterocycles. The minimum Gasteiger partial charge on any atom is -0.359 e. The molecule has 1 aromatic heterocycles. The topological polar surface area (TPSA) is 32.3 Å². The number of aromatic nitrogens is 2. The molecule has 0 spiro atoms. The summed E-state index contributed by atoms with van der Waals surface area (Å²) in [7, 11) is 4.37. The van der Waals surface area contributed by atoms with E-state index in [1.807, 2.05) is 6.92 Å². The van der Waals surface area contributed by atoms with Gasteiger partial charge in [-0.15, -0.1) is 0 Å². The number of aryl methyl sites for hydroxylation is 2. The Bertz CT molecular complexity index is 419. The monoisotopic (exact) mass is 262 g/mol. The summed E-state index contributed by atoms with van der Waals surface area (Å²) in [5, 5.41) is 0. The van der Waals surface area contributed by atoms with Gasteiger partial charge in [0.1, 0.15) is 11.6 Å². The molecule has 2 heterocycles. The van der Waals surface area contributed by atoms with Gasteiger partial charge in [-0.1, -0.05) is 6.92 Å². The summed E-state index contributed by atoms with van der Waals surface area (Å²) in [4.78, 5) is 13.7. The Labute approximate surface area is 116 Å². The van der Waals surface area contributed by atoms with Gasteiger partial charge in [0.05, 0.1) is 0 Å². The lowest BCUT2D eigenvalue weighted by atomic mass is 9.98. The van der Waals surface area contributed by atoms with Gasteiger partial charge in [-0.2, -0.15) is 0 Å². The maximum Gasteiger partial charge on any atom is 0.132 e. The van der Waals surface area contributed by atoms with E-state index in [-0.39, 0.29) is 0 Å². The third-order valence-electron chi connectivity index (χ3n) is 3.88. The molecule has 0 aliphatic carbocycles. The third kappa shape index (κ3) is 3.90. The second-order valence-electron chi connectivity index (χ2n) is 5.77. The largest absolute Gasteiger partial charge is 0.359 e. The van der Waals surface area contributed by atoms with E-state index >= 15 is 0 Å². The molecule has 0 radical (unpaired) electrons. The van der Waals surface area contributed by atoms with Crippen molar-refractivity contribution in [3.63, 3.8) is 0 Å². The summed E-state index contributed by atoms with van der Waals surface area (Å²) in [6.07, 6.45) is 3.62. The molecule has 1 saturated heterocycles. The van der Waals surface area contributed by atoms with Gasteiger partial charge in [0.25, 0.3) is 0 Å². The fraction of sp³-hybridized carbons (Fsp3) is 0.733. The van der Waals surface area contributed by atoms with Crippen molar-refractivity contribution >= 4 is 5.82 Å². The van der Waals surface area contributed by atoms with Crippen LogP contribution in [0.5, 0.6) is 0 Å². The summed E-state index contributed by atoms with van der Waals surface area (Å²) in [5.74, 6) is 2.70. The Morgan fingerprint density at radius 3 is 2.89 bits per heavy atom. The Hall–Kier alpha value is -1.16. The number of piperidine rings is 1. The van der Waals surface area contributed by atoms with Crippen molar-refractivity contribution in [1.29, 1.82) is 0 Å². The Morgan fingerprint density at radius 2 is 2.21 bits per heavy atom. The number of nitrogens with zero attached hydrogens (tertiary/aromatic N) is 4. The molecule has 106 valence electrons. The van der Waals surface area contributed by atoms with E-state index in [9.17, 15) is 0 Å². The smallest absolute Gasteiger partial charge is 0.132 e. The molecule has 19 heavy (non-hydrogen) atoms. The molecular formula is C15H26N4. The zero-order chi connectivity index (χ0) is 13.8. The van der Waals surface area contributed by atoms with Crippen LogP contribution in [0.15, 0.2) is 6.07 Å². The van der Waals surface area contributed by atoms with E-state index in [0.29, 0.717) is 0 Å². The zero-order valence-corrected chi connectivity index (χ0v) is 12.7. The van der Waals surface area contributed by atoms with Gasteiger partial charge >= 0.3 is 0 Å². The van der Waals surface area contributed by atoms with Gasteiger partial charge in [-0.25, -0.2) is 9.97 Å². The van der Waals surface area contributed by atoms with Crippen molar-refractivity contribution in [2.24, 2.45) is 5.92 Å². The van der Waals surface area contributed by atoms with Gasteiger partial charge < -0.3 is 9.80 Å². The van der Waals surface area contributed by atoms with E-state index in [1.54, 1.807) is 0 Å². The van der Waals surface area contributed by atoms with E-state index in [4.69, 9.17) is 0 Å². The van der Waals surface area contributed by atoms with Gasteiger partial charge in [-0.3, -0.25) is 0 Å². The molecule has 1 fully saturated rings. The molecule has 4 heteroatoms. The third-order valence-corrected chi connectivity index (χ3v) is 3.88. The standard InChI is InChI=1S/C15H26N4/c1-5-14-9-15(17-12(2)16-14)19(4)11-13-7-6-8-18(3)10-13/h9,13H,5-8,10-11H2,1-4H3. The number of rotatable bonds is 4. The minimum atomic E-state index is 0.754. The number of hydrogen-bond acceptors (Lipinski definition) is 4. The summed E-state index contributed by atoms with van der Waals surface area (Å²) in [6, 6.07) is 2.12. The van der Waals surface area contributed by atoms with Crippen LogP contribution < -0.4 is 4.90 Å². The highest BCUT2D eigenvalue weighted by molar-refractivity contribution is 5.39. The maximum atomic E-state index is 4.57. The second-order valence-corrected chi connectivity index (χ2v) is 5.77. The summed E-state index contributed by atoms with van der Waals surface area (Å²) in [6.45, 7) is 7.65. The quantitative estimate of drug-likeness (QED) is 0.832. The molecule has 4 nitrogen and oxygen atoms in total. The molecule has 2 rings (SSSR count). The normalized spacial score (nSPS) is 20.5. The van der Waals surface area contributed by atoms with E-state index < -0.39 is 0 Å². The number of hydrogen-bond donors (Lipinski definition) is 0. The molecule has 1 unspecified atom stereocenters. The molecule has 0 saturated carbocycles. The number of likely N-dealkylation sites (tertiary alicyclic amines) is 1. The Balaban J connectivity index is 2.02. The highest BCUT2D eigenvalue weighted by atomic mass is 15.2. The van der Waals surface area contributed by atoms with E-state index in [0.717, 1.165) is 36.2 Å². The highest BCUT2D eigenvalue weighted by Crippen LogP contribution is 2.19. The fourth-order valence-corrected chi connectivity index (χ4v) is 2.89. The second kappa shape index (κ2) is 6.33. The average molecular weight is 262 g/mol. The van der Waals surface area contributed by atoms with Crippen LogP contribution in [0.4, 0.5) is 5.82 Å². The zero-order valence-electron chi connectivity index (χ0n) is 12.7. The minimum absolute atomic E-state index is 0.754. The number of anilines is 1. The van der Waals surface area contributed by atoms with Crippen molar-refractivity contribution in [3.05, 3.63) is 17.6 Å². The van der Waals surface area contributed by atoms with Crippen molar-refractivity contribution in [1.82, 2.24) is 14.9 Å². The van der Waals surface area contributed by atoms with Crippen LogP contribution in [-0.2, 0) is 6.42 Å². The molecule has 0 aromatic carbocycles. The van der Waals surface area contributed by atoms with E-state index in [1.165, 1.54) is 25.9 Å². The van der Waals surface area contributed by atoms with Crippen LogP contribution in [0, 0.1) is 12.8 Å². The Morgan fingerprint density at radius 1 is 1.42 bits per heavy atom. The SMILES string of the molecule is CCc1cc(N(C)CC2CCCN(C)C2)nc(C)n1. The first kappa shape index (κ1) is 14.3. The van der Waals surface area contributed by atoms with Crippen LogP contribution >= 0.6 is 0 Å². The van der Waals surface area contributed by atoms with Gasteiger partial charge in [-0.05, 0) is 45.7 Å². The molecule has 0 bridgehead atoms. The lowest BCUT2D eigenvalue weighted by Gasteiger charge is -2.32. The molecule has 0 amide bonds. The average Bonchev–Trinajstić information content (AvgIpc) is 2.38. The van der Waals surface area contributed by atoms with Gasteiger partial charge in [0.2, 0.25) is 0 Å². The van der Waals surface area contributed by atoms with Crippen molar-refractivity contribution < 1.29 is 0 Å². The van der Waals surface area contributed by atoms with Gasteiger partial charge in [0.15, 0.2) is 0 Å². The van der Waals surface area contributed by atoms with Crippen LogP contribution in [0.3, 0.4) is 0 Å². The van der Waals surface area contributed by atoms with E-state index in [2.05, 4.69) is 46.9 Å². The lowest BCUT2D eigenvalue weighted by Crippen LogP contribution is -2.38. The molecule has 1 aliphatic rings. The molecule has 1 atom stereocenters. The lowest BCUT2D eigenvalue weighted by molar-refractivity contribution is 0.213. The predicted molar refractivity (Wildman–Crippen MR) is 79.6 cm³/mol. The first-order chi connectivity index (χ1) is 9.08. The van der Waals surface area contributed by atoms with Crippen LogP contribution in [0.1, 0.15) is 31.3 Å². The maximum absolute atomic E-state index is 4.57. The van der Waals surface area contributed by atoms with Crippen LogP contribution in [0.2, 0.25) is 0 Å². The molecule has 0 N–H and O–H groups in total. The fourth-order valence-electron chi connectivity index (χ4n) is 2.89. The van der Waals surface area contributed by atoms with Crippen molar-refractivity contribution in [2.45, 2.75) is 33.1 Å². The summed E-state index contributed by atoms with van der Waals surface area (Å²) in [5.41, 5.74) is 1.13. The van der Waals surface area contributed by atoms with Crippen molar-refractivity contribution in [3.8, 4) is 0 Å². The summed E-state index contributed by atoms with van der Waals surface area (Å²) >= 11 is 0. The van der Waals surface area contributed by atoms with Gasteiger partial charge in [0, 0.05) is 31.9 Å². The first-order valence-electron chi connectivity index (χ1n) is 7.32.